The molecule has 1 aromatic rings. The molecule has 7 heteroatoms. The standard InChI is InChI=1S/C16H22N2O4S/c1-2-3-6-15-16(19)17-13-11-12(7-8-14(13)22-15)23(20,21)18-9-4-5-10-18/h7-8,11,15H,2-6,9-10H2,1H3,(H,17,19)/t15-/m0/s1. The van der Waals surface area contributed by atoms with Crippen LogP contribution >= 0.6 is 0 Å². The zero-order chi connectivity index (χ0) is 16.4. The lowest BCUT2D eigenvalue weighted by atomic mass is 10.1. The van der Waals surface area contributed by atoms with Crippen LogP contribution in [0.4, 0.5) is 5.69 Å². The molecule has 1 atom stereocenters. The average Bonchev–Trinajstić information content (AvgIpc) is 3.07. The zero-order valence-electron chi connectivity index (χ0n) is 13.2. The molecule has 0 aromatic heterocycles. The number of carbonyl (C=O) groups excluding carboxylic acids is 1. The van der Waals surface area contributed by atoms with Crippen molar-refractivity contribution in [2.45, 2.75) is 50.0 Å². The lowest BCUT2D eigenvalue weighted by Gasteiger charge is -2.26. The maximum absolute atomic E-state index is 12.6. The summed E-state index contributed by atoms with van der Waals surface area (Å²) in [7, 11) is -3.49. The molecular weight excluding hydrogens is 316 g/mol. The molecule has 0 unspecified atom stereocenters. The summed E-state index contributed by atoms with van der Waals surface area (Å²) < 4.78 is 32.4. The van der Waals surface area contributed by atoms with E-state index in [-0.39, 0.29) is 10.8 Å². The van der Waals surface area contributed by atoms with Crippen LogP contribution in [0.25, 0.3) is 0 Å². The van der Waals surface area contributed by atoms with Gasteiger partial charge in [-0.1, -0.05) is 13.3 Å². The van der Waals surface area contributed by atoms with E-state index in [1.54, 1.807) is 12.1 Å². The third-order valence-corrected chi connectivity index (χ3v) is 6.19. The highest BCUT2D eigenvalue weighted by atomic mass is 32.2. The van der Waals surface area contributed by atoms with Crippen LogP contribution in [-0.2, 0) is 14.8 Å². The number of hydrogen-bond acceptors (Lipinski definition) is 4. The molecule has 6 nitrogen and oxygen atoms in total. The second-order valence-electron chi connectivity index (χ2n) is 6.01. The van der Waals surface area contributed by atoms with Crippen LogP contribution in [0.3, 0.4) is 0 Å². The maximum atomic E-state index is 12.6. The van der Waals surface area contributed by atoms with Crippen LogP contribution < -0.4 is 10.1 Å². The molecule has 0 aliphatic carbocycles. The van der Waals surface area contributed by atoms with Gasteiger partial charge in [0, 0.05) is 13.1 Å². The van der Waals surface area contributed by atoms with Gasteiger partial charge in [0.1, 0.15) is 5.75 Å². The van der Waals surface area contributed by atoms with Crippen molar-refractivity contribution in [1.29, 1.82) is 0 Å². The molecule has 2 aliphatic heterocycles. The van der Waals surface area contributed by atoms with E-state index in [1.165, 1.54) is 10.4 Å². The van der Waals surface area contributed by atoms with E-state index in [0.29, 0.717) is 30.9 Å². The Morgan fingerprint density at radius 3 is 2.74 bits per heavy atom. The van der Waals surface area contributed by atoms with Crippen molar-refractivity contribution in [3.8, 4) is 5.75 Å². The molecule has 0 saturated carbocycles. The first-order chi connectivity index (χ1) is 11.0. The molecule has 23 heavy (non-hydrogen) atoms. The van der Waals surface area contributed by atoms with Crippen molar-refractivity contribution in [2.75, 3.05) is 18.4 Å². The highest BCUT2D eigenvalue weighted by molar-refractivity contribution is 7.89. The summed E-state index contributed by atoms with van der Waals surface area (Å²) >= 11 is 0. The van der Waals surface area contributed by atoms with Crippen LogP contribution in [0.15, 0.2) is 23.1 Å². The molecule has 0 radical (unpaired) electrons. The minimum absolute atomic E-state index is 0.203. The number of sulfonamides is 1. The first-order valence-electron chi connectivity index (χ1n) is 8.14. The van der Waals surface area contributed by atoms with E-state index in [1.807, 2.05) is 0 Å². The smallest absolute Gasteiger partial charge is 0.265 e. The topological polar surface area (TPSA) is 75.7 Å². The normalized spacial score (nSPS) is 21.6. The minimum Gasteiger partial charge on any atom is -0.478 e. The van der Waals surface area contributed by atoms with Gasteiger partial charge in [0.25, 0.3) is 5.91 Å². The Kier molecular flexibility index (Phi) is 4.59. The minimum atomic E-state index is -3.49. The zero-order valence-corrected chi connectivity index (χ0v) is 14.1. The van der Waals surface area contributed by atoms with Gasteiger partial charge in [-0.2, -0.15) is 4.31 Å². The van der Waals surface area contributed by atoms with E-state index in [0.717, 1.165) is 25.7 Å². The highest BCUT2D eigenvalue weighted by Crippen LogP contribution is 2.34. The summed E-state index contributed by atoms with van der Waals surface area (Å²) in [5, 5.41) is 2.78. The Hall–Kier alpha value is -1.60. The van der Waals surface area contributed by atoms with E-state index in [2.05, 4.69) is 12.2 Å². The van der Waals surface area contributed by atoms with Crippen molar-refractivity contribution in [2.24, 2.45) is 0 Å². The summed E-state index contributed by atoms with van der Waals surface area (Å²) in [6.07, 6.45) is 3.85. The fourth-order valence-corrected chi connectivity index (χ4v) is 4.49. The van der Waals surface area contributed by atoms with Gasteiger partial charge in [-0.15, -0.1) is 0 Å². The predicted molar refractivity (Wildman–Crippen MR) is 87.0 cm³/mol. The number of anilines is 1. The Balaban J connectivity index is 1.83. The van der Waals surface area contributed by atoms with Crippen molar-refractivity contribution in [3.05, 3.63) is 18.2 Å². The van der Waals surface area contributed by atoms with Gasteiger partial charge >= 0.3 is 0 Å². The molecular formula is C16H22N2O4S. The summed E-state index contributed by atoms with van der Waals surface area (Å²) in [4.78, 5) is 12.3. The van der Waals surface area contributed by atoms with Crippen molar-refractivity contribution >= 4 is 21.6 Å². The molecule has 1 N–H and O–H groups in total. The first kappa shape index (κ1) is 16.3. The first-order valence-corrected chi connectivity index (χ1v) is 9.58. The van der Waals surface area contributed by atoms with E-state index < -0.39 is 16.1 Å². The van der Waals surface area contributed by atoms with E-state index in [4.69, 9.17) is 4.74 Å². The monoisotopic (exact) mass is 338 g/mol. The molecule has 2 aliphatic rings. The number of hydrogen-bond donors (Lipinski definition) is 1. The fourth-order valence-electron chi connectivity index (χ4n) is 2.95. The average molecular weight is 338 g/mol. The number of amides is 1. The number of carbonyl (C=O) groups is 1. The molecule has 126 valence electrons. The van der Waals surface area contributed by atoms with Crippen LogP contribution in [0, 0.1) is 0 Å². The Morgan fingerprint density at radius 1 is 1.30 bits per heavy atom. The Morgan fingerprint density at radius 2 is 2.04 bits per heavy atom. The number of fused-ring (bicyclic) bond motifs is 1. The third kappa shape index (κ3) is 3.21. The van der Waals surface area contributed by atoms with Crippen molar-refractivity contribution in [3.63, 3.8) is 0 Å². The van der Waals surface area contributed by atoms with Crippen LogP contribution in [-0.4, -0.2) is 37.8 Å². The lowest BCUT2D eigenvalue weighted by molar-refractivity contribution is -0.123. The quantitative estimate of drug-likeness (QED) is 0.894. The predicted octanol–water partition coefficient (Wildman–Crippen LogP) is 2.36. The van der Waals surface area contributed by atoms with Crippen molar-refractivity contribution in [1.82, 2.24) is 4.31 Å². The number of rotatable bonds is 5. The van der Waals surface area contributed by atoms with Gasteiger partial charge in [-0.05, 0) is 43.9 Å². The second kappa shape index (κ2) is 6.49. The SMILES string of the molecule is CCCC[C@@H]1Oc2ccc(S(=O)(=O)N3CCCC3)cc2NC1=O. The van der Waals surface area contributed by atoms with Crippen LogP contribution in [0.2, 0.25) is 0 Å². The number of nitrogens with zero attached hydrogens (tertiary/aromatic N) is 1. The Labute approximate surface area is 136 Å². The summed E-state index contributed by atoms with van der Waals surface area (Å²) in [6.45, 7) is 3.17. The van der Waals surface area contributed by atoms with Gasteiger partial charge < -0.3 is 10.1 Å². The van der Waals surface area contributed by atoms with Gasteiger partial charge in [-0.3, -0.25) is 4.79 Å². The molecule has 3 rings (SSSR count). The van der Waals surface area contributed by atoms with E-state index >= 15 is 0 Å². The van der Waals surface area contributed by atoms with E-state index in [9.17, 15) is 13.2 Å². The van der Waals surface area contributed by atoms with Crippen LogP contribution in [0.1, 0.15) is 39.0 Å². The largest absolute Gasteiger partial charge is 0.478 e. The number of ether oxygens (including phenoxy) is 1. The maximum Gasteiger partial charge on any atom is 0.265 e. The second-order valence-corrected chi connectivity index (χ2v) is 7.95. The number of benzene rings is 1. The van der Waals surface area contributed by atoms with Gasteiger partial charge in [-0.25, -0.2) is 8.42 Å². The Bertz CT molecular complexity index is 696. The molecule has 0 spiro atoms. The number of unbranched alkanes of at least 4 members (excludes halogenated alkanes) is 1. The molecule has 1 saturated heterocycles. The summed E-state index contributed by atoms with van der Waals surface area (Å²) in [5.74, 6) is 0.327. The molecule has 1 amide bonds. The molecule has 0 bridgehead atoms. The fraction of sp³-hybridized carbons (Fsp3) is 0.562. The lowest BCUT2D eigenvalue weighted by Crippen LogP contribution is -2.37. The van der Waals surface area contributed by atoms with Gasteiger partial charge in [0.15, 0.2) is 6.10 Å². The summed E-state index contributed by atoms with van der Waals surface area (Å²) in [6, 6.07) is 4.69. The number of nitrogens with one attached hydrogen (secondary N) is 1. The molecule has 1 aromatic carbocycles. The van der Waals surface area contributed by atoms with Crippen LogP contribution in [0.5, 0.6) is 5.75 Å². The molecule has 1 fully saturated rings. The highest BCUT2D eigenvalue weighted by Gasteiger charge is 2.31. The molecule has 2 heterocycles. The van der Waals surface area contributed by atoms with Gasteiger partial charge in [0.2, 0.25) is 10.0 Å². The van der Waals surface area contributed by atoms with Crippen molar-refractivity contribution < 1.29 is 17.9 Å². The third-order valence-electron chi connectivity index (χ3n) is 4.29. The van der Waals surface area contributed by atoms with Gasteiger partial charge in [0.05, 0.1) is 10.6 Å². The summed E-state index contributed by atoms with van der Waals surface area (Å²) in [5.41, 5.74) is 0.433.